The SMILES string of the molecule is Cc1cc(C(F)(F)F)nn1Cc1nc2c3ccccc3ncn2n1. The van der Waals surface area contributed by atoms with E-state index >= 15 is 0 Å². The lowest BCUT2D eigenvalue weighted by molar-refractivity contribution is -0.141. The molecule has 0 amide bonds. The van der Waals surface area contributed by atoms with Crippen LogP contribution in [0.4, 0.5) is 13.2 Å². The number of aryl methyl sites for hydroxylation is 1. The molecule has 0 atom stereocenters. The molecule has 4 rings (SSSR count). The number of fused-ring (bicyclic) bond motifs is 3. The molecule has 0 spiro atoms. The van der Waals surface area contributed by atoms with Crippen molar-refractivity contribution in [3.05, 3.63) is 53.9 Å². The Kier molecular flexibility index (Phi) is 3.05. The van der Waals surface area contributed by atoms with Crippen LogP contribution in [-0.4, -0.2) is 29.4 Å². The summed E-state index contributed by atoms with van der Waals surface area (Å²) in [7, 11) is 0. The lowest BCUT2D eigenvalue weighted by Crippen LogP contribution is -2.09. The third-order valence-corrected chi connectivity index (χ3v) is 3.69. The third kappa shape index (κ3) is 2.38. The Morgan fingerprint density at radius 2 is 1.92 bits per heavy atom. The van der Waals surface area contributed by atoms with Gasteiger partial charge in [-0.05, 0) is 25.1 Å². The van der Waals surface area contributed by atoms with Crippen molar-refractivity contribution in [1.29, 1.82) is 0 Å². The fraction of sp³-hybridized carbons (Fsp3) is 0.200. The zero-order valence-electron chi connectivity index (χ0n) is 12.5. The molecule has 24 heavy (non-hydrogen) atoms. The Morgan fingerprint density at radius 3 is 2.67 bits per heavy atom. The van der Waals surface area contributed by atoms with Crippen molar-refractivity contribution in [3.8, 4) is 0 Å². The number of benzene rings is 1. The van der Waals surface area contributed by atoms with Gasteiger partial charge in [0.1, 0.15) is 12.9 Å². The molecule has 0 fully saturated rings. The second kappa shape index (κ2) is 5.02. The van der Waals surface area contributed by atoms with Gasteiger partial charge < -0.3 is 0 Å². The summed E-state index contributed by atoms with van der Waals surface area (Å²) in [6, 6.07) is 8.47. The van der Waals surface area contributed by atoms with Crippen molar-refractivity contribution in [2.24, 2.45) is 0 Å². The summed E-state index contributed by atoms with van der Waals surface area (Å²) < 4.78 is 41.0. The average Bonchev–Trinajstić information content (AvgIpc) is 3.11. The first-order valence-electron chi connectivity index (χ1n) is 7.12. The molecular formula is C15H11F3N6. The molecule has 0 radical (unpaired) electrons. The number of alkyl halides is 3. The maximum absolute atomic E-state index is 12.7. The van der Waals surface area contributed by atoms with E-state index in [1.165, 1.54) is 15.5 Å². The van der Waals surface area contributed by atoms with Crippen LogP contribution in [0.3, 0.4) is 0 Å². The van der Waals surface area contributed by atoms with Gasteiger partial charge in [-0.1, -0.05) is 12.1 Å². The largest absolute Gasteiger partial charge is 0.435 e. The van der Waals surface area contributed by atoms with Gasteiger partial charge in [0.15, 0.2) is 17.2 Å². The van der Waals surface area contributed by atoms with Gasteiger partial charge in [0.2, 0.25) is 0 Å². The average molecular weight is 332 g/mol. The molecule has 0 aliphatic carbocycles. The molecule has 3 heterocycles. The summed E-state index contributed by atoms with van der Waals surface area (Å²) in [6.45, 7) is 1.62. The highest BCUT2D eigenvalue weighted by Gasteiger charge is 2.34. The number of para-hydroxylation sites is 1. The van der Waals surface area contributed by atoms with E-state index in [9.17, 15) is 13.2 Å². The van der Waals surface area contributed by atoms with E-state index in [0.717, 1.165) is 17.0 Å². The number of aromatic nitrogens is 6. The predicted molar refractivity (Wildman–Crippen MR) is 79.4 cm³/mol. The molecule has 0 saturated heterocycles. The van der Waals surface area contributed by atoms with Crippen LogP contribution < -0.4 is 0 Å². The van der Waals surface area contributed by atoms with Gasteiger partial charge in [-0.2, -0.15) is 18.3 Å². The molecule has 3 aromatic heterocycles. The Bertz CT molecular complexity index is 1050. The van der Waals surface area contributed by atoms with E-state index in [2.05, 4.69) is 20.2 Å². The second-order valence-corrected chi connectivity index (χ2v) is 5.38. The van der Waals surface area contributed by atoms with Gasteiger partial charge in [0.25, 0.3) is 0 Å². The van der Waals surface area contributed by atoms with Crippen LogP contribution in [0.15, 0.2) is 36.7 Å². The van der Waals surface area contributed by atoms with E-state index in [4.69, 9.17) is 0 Å². The number of halogens is 3. The standard InChI is InChI=1S/C15H11F3N6/c1-9-6-12(15(16,17)18)21-23(9)7-13-20-14-10-4-2-3-5-11(10)19-8-24(14)22-13/h2-6,8H,7H2,1H3. The lowest BCUT2D eigenvalue weighted by atomic mass is 10.2. The van der Waals surface area contributed by atoms with Crippen LogP contribution in [0.25, 0.3) is 16.6 Å². The lowest BCUT2D eigenvalue weighted by Gasteiger charge is -2.01. The molecule has 9 heteroatoms. The fourth-order valence-electron chi connectivity index (χ4n) is 2.53. The minimum Gasteiger partial charge on any atom is -0.262 e. The topological polar surface area (TPSA) is 60.9 Å². The van der Waals surface area contributed by atoms with Crippen molar-refractivity contribution in [3.63, 3.8) is 0 Å². The molecule has 0 unspecified atom stereocenters. The first-order valence-corrected chi connectivity index (χ1v) is 7.12. The maximum atomic E-state index is 12.7. The zero-order valence-corrected chi connectivity index (χ0v) is 12.5. The van der Waals surface area contributed by atoms with E-state index in [1.54, 1.807) is 6.92 Å². The summed E-state index contributed by atoms with van der Waals surface area (Å²) >= 11 is 0. The van der Waals surface area contributed by atoms with Gasteiger partial charge in [-0.15, -0.1) is 5.10 Å². The molecule has 0 N–H and O–H groups in total. The first-order chi connectivity index (χ1) is 11.4. The Hall–Kier alpha value is -2.97. The molecule has 1 aromatic carbocycles. The van der Waals surface area contributed by atoms with E-state index in [-0.39, 0.29) is 6.54 Å². The summed E-state index contributed by atoms with van der Waals surface area (Å²) in [6.07, 6.45) is -2.94. The van der Waals surface area contributed by atoms with Crippen LogP contribution >= 0.6 is 0 Å². The summed E-state index contributed by atoms with van der Waals surface area (Å²) in [5.74, 6) is 0.369. The maximum Gasteiger partial charge on any atom is 0.435 e. The van der Waals surface area contributed by atoms with Gasteiger partial charge in [-0.3, -0.25) is 4.68 Å². The van der Waals surface area contributed by atoms with E-state index in [1.807, 2.05) is 24.3 Å². The molecule has 0 aliphatic heterocycles. The molecular weight excluding hydrogens is 321 g/mol. The molecule has 0 saturated carbocycles. The van der Waals surface area contributed by atoms with E-state index < -0.39 is 11.9 Å². The van der Waals surface area contributed by atoms with Crippen molar-refractivity contribution >= 4 is 16.6 Å². The van der Waals surface area contributed by atoms with Crippen molar-refractivity contribution in [1.82, 2.24) is 29.4 Å². The number of rotatable bonds is 2. The van der Waals surface area contributed by atoms with Gasteiger partial charge >= 0.3 is 6.18 Å². The molecule has 0 bridgehead atoms. The van der Waals surface area contributed by atoms with Crippen LogP contribution in [0.2, 0.25) is 0 Å². The summed E-state index contributed by atoms with van der Waals surface area (Å²) in [4.78, 5) is 8.69. The minimum atomic E-state index is -4.47. The highest BCUT2D eigenvalue weighted by Crippen LogP contribution is 2.28. The van der Waals surface area contributed by atoms with Crippen LogP contribution in [0, 0.1) is 6.92 Å². The van der Waals surface area contributed by atoms with Crippen molar-refractivity contribution < 1.29 is 13.2 Å². The Balaban J connectivity index is 1.75. The smallest absolute Gasteiger partial charge is 0.262 e. The number of nitrogens with zero attached hydrogens (tertiary/aromatic N) is 6. The van der Waals surface area contributed by atoms with Crippen LogP contribution in [0.1, 0.15) is 17.2 Å². The number of hydrogen-bond acceptors (Lipinski definition) is 4. The monoisotopic (exact) mass is 332 g/mol. The second-order valence-electron chi connectivity index (χ2n) is 5.38. The Morgan fingerprint density at radius 1 is 1.12 bits per heavy atom. The fourth-order valence-corrected chi connectivity index (χ4v) is 2.53. The zero-order chi connectivity index (χ0) is 16.9. The van der Waals surface area contributed by atoms with Gasteiger partial charge in [-0.25, -0.2) is 14.5 Å². The highest BCUT2D eigenvalue weighted by atomic mass is 19.4. The number of hydrogen-bond donors (Lipinski definition) is 0. The van der Waals surface area contributed by atoms with Crippen molar-refractivity contribution in [2.75, 3.05) is 0 Å². The molecule has 122 valence electrons. The van der Waals surface area contributed by atoms with Crippen LogP contribution in [0.5, 0.6) is 0 Å². The third-order valence-electron chi connectivity index (χ3n) is 3.69. The van der Waals surface area contributed by atoms with E-state index in [0.29, 0.717) is 17.2 Å². The quantitative estimate of drug-likeness (QED) is 0.566. The van der Waals surface area contributed by atoms with Crippen LogP contribution in [-0.2, 0) is 12.7 Å². The summed E-state index contributed by atoms with van der Waals surface area (Å²) in [5, 5.41) is 8.69. The minimum absolute atomic E-state index is 0.0535. The van der Waals surface area contributed by atoms with Gasteiger partial charge in [0.05, 0.1) is 5.52 Å². The summed E-state index contributed by atoms with van der Waals surface area (Å²) in [5.41, 5.74) is 0.857. The normalized spacial score (nSPS) is 12.3. The Labute approximate surface area is 133 Å². The first kappa shape index (κ1) is 14.6. The highest BCUT2D eigenvalue weighted by molar-refractivity contribution is 5.90. The molecule has 0 aliphatic rings. The van der Waals surface area contributed by atoms with Gasteiger partial charge in [0, 0.05) is 11.1 Å². The van der Waals surface area contributed by atoms with Crippen molar-refractivity contribution in [2.45, 2.75) is 19.6 Å². The molecule has 6 nitrogen and oxygen atoms in total. The predicted octanol–water partition coefficient (Wildman–Crippen LogP) is 2.85. The molecule has 4 aromatic rings.